The number of para-hydroxylation sites is 1. The summed E-state index contributed by atoms with van der Waals surface area (Å²) in [4.78, 5) is 18.0. The van der Waals surface area contributed by atoms with E-state index in [9.17, 15) is 9.90 Å². The third-order valence-electron chi connectivity index (χ3n) is 7.31. The van der Waals surface area contributed by atoms with Gasteiger partial charge in [0.2, 0.25) is 5.78 Å². The van der Waals surface area contributed by atoms with Gasteiger partial charge >= 0.3 is 0 Å². The second-order valence-electron chi connectivity index (χ2n) is 9.56. The summed E-state index contributed by atoms with van der Waals surface area (Å²) in [6, 6.07) is 19.5. The molecule has 0 radical (unpaired) electrons. The van der Waals surface area contributed by atoms with E-state index in [-0.39, 0.29) is 17.3 Å². The Balaban J connectivity index is 1.25. The van der Waals surface area contributed by atoms with Crippen molar-refractivity contribution >= 4 is 28.4 Å². The fourth-order valence-electron chi connectivity index (χ4n) is 5.26. The summed E-state index contributed by atoms with van der Waals surface area (Å²) in [5.41, 5.74) is 4.26. The van der Waals surface area contributed by atoms with Crippen LogP contribution in [0.3, 0.4) is 0 Å². The summed E-state index contributed by atoms with van der Waals surface area (Å²) in [5.74, 6) is 1.43. The molecule has 0 aliphatic carbocycles. The SMILES string of the molecule is COc1ccc2c(c1)c(/C=C1/Oc3c(ccc(O)c3CN3CCN(c4ccccc4)CC3)C1=O)cn2C. The zero-order valence-electron chi connectivity index (χ0n) is 21.0. The van der Waals surface area contributed by atoms with Crippen LogP contribution < -0.4 is 14.4 Å². The van der Waals surface area contributed by atoms with E-state index in [0.717, 1.165) is 48.4 Å². The lowest BCUT2D eigenvalue weighted by molar-refractivity contribution is 0.101. The molecule has 1 aromatic heterocycles. The van der Waals surface area contributed by atoms with Crippen LogP contribution in [0.5, 0.6) is 17.2 Å². The van der Waals surface area contributed by atoms with Gasteiger partial charge in [0.15, 0.2) is 5.76 Å². The van der Waals surface area contributed by atoms with Crippen LogP contribution in [-0.2, 0) is 13.6 Å². The van der Waals surface area contributed by atoms with Crippen molar-refractivity contribution in [3.8, 4) is 17.2 Å². The van der Waals surface area contributed by atoms with E-state index < -0.39 is 0 Å². The number of aromatic hydroxyl groups is 1. The molecule has 0 spiro atoms. The number of carbonyl (C=O) groups is 1. The van der Waals surface area contributed by atoms with E-state index in [4.69, 9.17) is 9.47 Å². The van der Waals surface area contributed by atoms with Crippen molar-refractivity contribution in [1.29, 1.82) is 0 Å². The first-order valence-electron chi connectivity index (χ1n) is 12.5. The highest BCUT2D eigenvalue weighted by molar-refractivity contribution is 6.15. The number of piperazine rings is 1. The van der Waals surface area contributed by atoms with E-state index in [0.29, 0.717) is 23.4 Å². The zero-order chi connectivity index (χ0) is 25.5. The van der Waals surface area contributed by atoms with Crippen molar-refractivity contribution in [3.05, 3.63) is 89.3 Å². The number of benzene rings is 3. The van der Waals surface area contributed by atoms with Crippen molar-refractivity contribution in [2.45, 2.75) is 6.54 Å². The lowest BCUT2D eigenvalue weighted by Gasteiger charge is -2.36. The molecule has 2 aliphatic heterocycles. The summed E-state index contributed by atoms with van der Waals surface area (Å²) in [7, 11) is 3.61. The van der Waals surface area contributed by atoms with Crippen molar-refractivity contribution in [2.75, 3.05) is 38.2 Å². The molecule has 0 atom stereocenters. The van der Waals surface area contributed by atoms with Crippen LogP contribution >= 0.6 is 0 Å². The molecular weight excluding hydrogens is 466 g/mol. The molecule has 3 aromatic carbocycles. The monoisotopic (exact) mass is 495 g/mol. The predicted octanol–water partition coefficient (Wildman–Crippen LogP) is 4.83. The minimum atomic E-state index is -0.176. The molecule has 0 bridgehead atoms. The Morgan fingerprint density at radius 1 is 1.03 bits per heavy atom. The van der Waals surface area contributed by atoms with Crippen LogP contribution in [0.15, 0.2) is 72.6 Å². The number of methoxy groups -OCH3 is 1. The summed E-state index contributed by atoms with van der Waals surface area (Å²) >= 11 is 0. The van der Waals surface area contributed by atoms with Gasteiger partial charge in [-0.2, -0.15) is 0 Å². The third kappa shape index (κ3) is 4.21. The molecule has 0 saturated carbocycles. The number of hydrogen-bond donors (Lipinski definition) is 1. The maximum Gasteiger partial charge on any atom is 0.231 e. The van der Waals surface area contributed by atoms with Crippen LogP contribution in [-0.4, -0.2) is 53.6 Å². The molecule has 2 aliphatic rings. The van der Waals surface area contributed by atoms with Gasteiger partial charge in [-0.25, -0.2) is 0 Å². The van der Waals surface area contributed by atoms with Crippen LogP contribution in [0, 0.1) is 0 Å². The molecule has 0 amide bonds. The quantitative estimate of drug-likeness (QED) is 0.400. The van der Waals surface area contributed by atoms with Crippen molar-refractivity contribution in [3.63, 3.8) is 0 Å². The second kappa shape index (κ2) is 9.33. The number of hydrogen-bond acceptors (Lipinski definition) is 6. The number of aryl methyl sites for hydroxylation is 1. The molecular formula is C30H29N3O4. The average Bonchev–Trinajstić information content (AvgIpc) is 3.42. The lowest BCUT2D eigenvalue weighted by Crippen LogP contribution is -2.46. The van der Waals surface area contributed by atoms with Gasteiger partial charge in [-0.15, -0.1) is 0 Å². The lowest BCUT2D eigenvalue weighted by atomic mass is 10.0. The number of phenols is 1. The van der Waals surface area contributed by atoms with Gasteiger partial charge in [0, 0.05) is 68.1 Å². The highest BCUT2D eigenvalue weighted by Crippen LogP contribution is 2.41. The second-order valence-corrected chi connectivity index (χ2v) is 9.56. The molecule has 7 heteroatoms. The number of aromatic nitrogens is 1. The molecule has 4 aromatic rings. The highest BCUT2D eigenvalue weighted by Gasteiger charge is 2.32. The zero-order valence-corrected chi connectivity index (χ0v) is 21.0. The molecule has 188 valence electrons. The van der Waals surface area contributed by atoms with Crippen LogP contribution in [0.2, 0.25) is 0 Å². The smallest absolute Gasteiger partial charge is 0.231 e. The first-order chi connectivity index (χ1) is 18.0. The van der Waals surface area contributed by atoms with Gasteiger partial charge in [-0.05, 0) is 48.5 Å². The highest BCUT2D eigenvalue weighted by atomic mass is 16.5. The van der Waals surface area contributed by atoms with Gasteiger partial charge in [0.05, 0.1) is 18.2 Å². The molecule has 7 nitrogen and oxygen atoms in total. The average molecular weight is 496 g/mol. The number of rotatable bonds is 5. The van der Waals surface area contributed by atoms with Gasteiger partial charge < -0.3 is 24.0 Å². The normalized spacial score (nSPS) is 16.9. The number of ketones is 1. The molecule has 0 unspecified atom stereocenters. The number of anilines is 1. The number of carbonyl (C=O) groups excluding carboxylic acids is 1. The number of fused-ring (bicyclic) bond motifs is 2. The van der Waals surface area contributed by atoms with Gasteiger partial charge in [0.1, 0.15) is 17.2 Å². The summed E-state index contributed by atoms with van der Waals surface area (Å²) in [5, 5.41) is 11.7. The van der Waals surface area contributed by atoms with Crippen LogP contribution in [0.1, 0.15) is 21.5 Å². The number of ether oxygens (including phenoxy) is 2. The standard InChI is InChI=1S/C30H29N3O4/c1-31-18-20(24-17-22(36-2)8-10-26(24)31)16-28-29(35)23-9-11-27(34)25(30(23)37-28)19-32-12-14-33(15-13-32)21-6-4-3-5-7-21/h3-11,16-18,34H,12-15,19H2,1-2H3/b28-16+. The van der Waals surface area contributed by atoms with Gasteiger partial charge in [-0.3, -0.25) is 9.69 Å². The molecule has 6 rings (SSSR count). The molecule has 37 heavy (non-hydrogen) atoms. The molecule has 1 N–H and O–H groups in total. The van der Waals surface area contributed by atoms with Gasteiger partial charge in [-0.1, -0.05) is 18.2 Å². The number of Topliss-reactive ketones (excluding diaryl/α,β-unsaturated/α-hetero) is 1. The topological polar surface area (TPSA) is 67.2 Å². The number of allylic oxidation sites excluding steroid dienone is 1. The van der Waals surface area contributed by atoms with E-state index in [1.54, 1.807) is 25.3 Å². The Morgan fingerprint density at radius 2 is 1.81 bits per heavy atom. The van der Waals surface area contributed by atoms with E-state index >= 15 is 0 Å². The minimum absolute atomic E-state index is 0.146. The number of nitrogens with zero attached hydrogens (tertiary/aromatic N) is 3. The van der Waals surface area contributed by atoms with Crippen LogP contribution in [0.25, 0.3) is 17.0 Å². The minimum Gasteiger partial charge on any atom is -0.507 e. The Labute approximate surface area is 215 Å². The summed E-state index contributed by atoms with van der Waals surface area (Å²) in [6.45, 7) is 4.02. The van der Waals surface area contributed by atoms with Crippen molar-refractivity contribution in [1.82, 2.24) is 9.47 Å². The van der Waals surface area contributed by atoms with Crippen molar-refractivity contribution < 1.29 is 19.4 Å². The Morgan fingerprint density at radius 3 is 2.57 bits per heavy atom. The maximum atomic E-state index is 13.3. The summed E-state index contributed by atoms with van der Waals surface area (Å²) < 4.78 is 13.6. The van der Waals surface area contributed by atoms with E-state index in [1.807, 2.05) is 42.1 Å². The largest absolute Gasteiger partial charge is 0.507 e. The van der Waals surface area contributed by atoms with E-state index in [2.05, 4.69) is 34.1 Å². The van der Waals surface area contributed by atoms with Crippen molar-refractivity contribution in [2.24, 2.45) is 7.05 Å². The molecule has 1 fully saturated rings. The fourth-order valence-corrected chi connectivity index (χ4v) is 5.26. The number of phenolic OH excluding ortho intramolecular Hbond substituents is 1. The first kappa shape index (κ1) is 23.2. The predicted molar refractivity (Wildman–Crippen MR) is 144 cm³/mol. The summed E-state index contributed by atoms with van der Waals surface area (Å²) in [6.07, 6.45) is 3.75. The first-order valence-corrected chi connectivity index (χ1v) is 12.5. The third-order valence-corrected chi connectivity index (χ3v) is 7.31. The molecule has 1 saturated heterocycles. The van der Waals surface area contributed by atoms with Gasteiger partial charge in [0.25, 0.3) is 0 Å². The fraction of sp³-hybridized carbons (Fsp3) is 0.233. The Hall–Kier alpha value is -4.23. The van der Waals surface area contributed by atoms with E-state index in [1.165, 1.54) is 5.69 Å². The Bertz CT molecular complexity index is 1520. The Kier molecular flexibility index (Phi) is 5.85. The maximum absolute atomic E-state index is 13.3. The molecule has 3 heterocycles. The van der Waals surface area contributed by atoms with Crippen LogP contribution in [0.4, 0.5) is 5.69 Å².